The van der Waals surface area contributed by atoms with Crippen molar-refractivity contribution in [1.29, 1.82) is 0 Å². The number of aryl methyl sites for hydroxylation is 1. The molecule has 0 atom stereocenters. The van der Waals surface area contributed by atoms with E-state index in [-0.39, 0.29) is 0 Å². The van der Waals surface area contributed by atoms with Crippen molar-refractivity contribution >= 4 is 27.3 Å². The minimum absolute atomic E-state index is 0.962. The van der Waals surface area contributed by atoms with Gasteiger partial charge in [0.15, 0.2) is 0 Å². The standard InChI is InChI=1S/C14H19BrN2S/c1-2-8-17-9-6-12(11-17)10-16-7-5-13-3-4-14(15)18-13/h3-4,6,9,11,16H,2,5,7-8,10H2,1H3. The number of thiophene rings is 1. The predicted molar refractivity (Wildman–Crippen MR) is 82.2 cm³/mol. The minimum Gasteiger partial charge on any atom is -0.354 e. The first-order valence-corrected chi connectivity index (χ1v) is 7.98. The highest BCUT2D eigenvalue weighted by Gasteiger charge is 1.99. The molecule has 0 unspecified atom stereocenters. The van der Waals surface area contributed by atoms with Crippen LogP contribution in [0.1, 0.15) is 23.8 Å². The Kier molecular flexibility index (Phi) is 5.47. The normalized spacial score (nSPS) is 11.0. The lowest BCUT2D eigenvalue weighted by atomic mass is 10.3. The van der Waals surface area contributed by atoms with Gasteiger partial charge in [0.05, 0.1) is 3.79 Å². The fraction of sp³-hybridized carbons (Fsp3) is 0.429. The average molecular weight is 327 g/mol. The third kappa shape index (κ3) is 4.26. The van der Waals surface area contributed by atoms with Crippen LogP contribution in [0.25, 0.3) is 0 Å². The summed E-state index contributed by atoms with van der Waals surface area (Å²) in [5, 5.41) is 3.49. The van der Waals surface area contributed by atoms with Crippen molar-refractivity contribution in [1.82, 2.24) is 9.88 Å². The first-order valence-electron chi connectivity index (χ1n) is 6.37. The average Bonchev–Trinajstić information content (AvgIpc) is 2.95. The Morgan fingerprint density at radius 3 is 2.94 bits per heavy atom. The molecule has 0 saturated heterocycles. The third-order valence-electron chi connectivity index (χ3n) is 2.80. The summed E-state index contributed by atoms with van der Waals surface area (Å²) in [5.74, 6) is 0. The molecule has 0 fully saturated rings. The Bertz CT molecular complexity index is 476. The summed E-state index contributed by atoms with van der Waals surface area (Å²) in [4.78, 5) is 1.43. The number of rotatable bonds is 7. The van der Waals surface area contributed by atoms with Crippen LogP contribution in [0, 0.1) is 0 Å². The van der Waals surface area contributed by atoms with Gasteiger partial charge >= 0.3 is 0 Å². The minimum atomic E-state index is 0.962. The monoisotopic (exact) mass is 326 g/mol. The lowest BCUT2D eigenvalue weighted by Crippen LogP contribution is -2.15. The number of hydrogen-bond donors (Lipinski definition) is 1. The van der Waals surface area contributed by atoms with Gasteiger partial charge in [0.1, 0.15) is 0 Å². The Balaban J connectivity index is 1.68. The lowest BCUT2D eigenvalue weighted by molar-refractivity contribution is 0.668. The summed E-state index contributed by atoms with van der Waals surface area (Å²) >= 11 is 5.31. The summed E-state index contributed by atoms with van der Waals surface area (Å²) in [6.45, 7) is 5.31. The fourth-order valence-corrected chi connectivity index (χ4v) is 3.41. The van der Waals surface area contributed by atoms with E-state index in [0.29, 0.717) is 0 Å². The van der Waals surface area contributed by atoms with E-state index in [4.69, 9.17) is 0 Å². The maximum atomic E-state index is 3.49. The molecule has 0 aliphatic rings. The molecule has 2 aromatic heterocycles. The van der Waals surface area contributed by atoms with E-state index < -0.39 is 0 Å². The smallest absolute Gasteiger partial charge is 0.0701 e. The molecule has 0 spiro atoms. The number of halogens is 1. The quantitative estimate of drug-likeness (QED) is 0.759. The highest BCUT2D eigenvalue weighted by Crippen LogP contribution is 2.22. The number of hydrogen-bond acceptors (Lipinski definition) is 2. The molecular weight excluding hydrogens is 308 g/mol. The molecule has 0 bridgehead atoms. The van der Waals surface area contributed by atoms with Gasteiger partial charge in [-0.2, -0.15) is 0 Å². The number of nitrogens with zero attached hydrogens (tertiary/aromatic N) is 1. The van der Waals surface area contributed by atoms with Crippen LogP contribution in [0.15, 0.2) is 34.4 Å². The van der Waals surface area contributed by atoms with Crippen LogP contribution in [0.5, 0.6) is 0 Å². The van der Waals surface area contributed by atoms with Crippen LogP contribution >= 0.6 is 27.3 Å². The summed E-state index contributed by atoms with van der Waals surface area (Å²) in [5.41, 5.74) is 1.37. The van der Waals surface area contributed by atoms with Gasteiger partial charge in [-0.1, -0.05) is 6.92 Å². The molecule has 0 radical (unpaired) electrons. The Labute approximate surface area is 121 Å². The van der Waals surface area contributed by atoms with Gasteiger partial charge in [0, 0.05) is 36.9 Å². The predicted octanol–water partition coefficient (Wildman–Crippen LogP) is 4.05. The van der Waals surface area contributed by atoms with Crippen molar-refractivity contribution in [3.8, 4) is 0 Å². The summed E-state index contributed by atoms with van der Waals surface area (Å²) in [6, 6.07) is 6.50. The van der Waals surface area contributed by atoms with Gasteiger partial charge in [-0.25, -0.2) is 0 Å². The lowest BCUT2D eigenvalue weighted by Gasteiger charge is -2.02. The number of nitrogens with one attached hydrogen (secondary N) is 1. The van der Waals surface area contributed by atoms with Crippen LogP contribution in [0.3, 0.4) is 0 Å². The van der Waals surface area contributed by atoms with E-state index in [2.05, 4.69) is 63.3 Å². The second-order valence-corrected chi connectivity index (χ2v) is 6.94. The van der Waals surface area contributed by atoms with Crippen LogP contribution < -0.4 is 5.32 Å². The van der Waals surface area contributed by atoms with E-state index >= 15 is 0 Å². The van der Waals surface area contributed by atoms with E-state index in [1.165, 1.54) is 20.6 Å². The molecule has 2 aromatic rings. The molecule has 1 N–H and O–H groups in total. The van der Waals surface area contributed by atoms with Crippen molar-refractivity contribution in [2.75, 3.05) is 6.54 Å². The molecule has 0 aromatic carbocycles. The van der Waals surface area contributed by atoms with E-state index in [0.717, 1.165) is 26.1 Å². The zero-order chi connectivity index (χ0) is 12.8. The highest BCUT2D eigenvalue weighted by molar-refractivity contribution is 9.11. The second-order valence-electron chi connectivity index (χ2n) is 4.39. The maximum absolute atomic E-state index is 3.49. The molecule has 2 rings (SSSR count). The molecule has 0 aliphatic heterocycles. The molecule has 0 saturated carbocycles. The van der Waals surface area contributed by atoms with Crippen LogP contribution in [0.4, 0.5) is 0 Å². The van der Waals surface area contributed by atoms with Crippen molar-refractivity contribution in [2.45, 2.75) is 32.9 Å². The van der Waals surface area contributed by atoms with E-state index in [1.807, 2.05) is 11.3 Å². The van der Waals surface area contributed by atoms with Gasteiger partial charge < -0.3 is 9.88 Å². The zero-order valence-corrected chi connectivity index (χ0v) is 13.1. The first kappa shape index (κ1) is 13.8. The molecule has 2 heterocycles. The summed E-state index contributed by atoms with van der Waals surface area (Å²) in [6.07, 6.45) is 6.69. The van der Waals surface area contributed by atoms with Crippen molar-refractivity contribution in [3.05, 3.63) is 44.8 Å². The van der Waals surface area contributed by atoms with Gasteiger partial charge in [0.2, 0.25) is 0 Å². The summed E-state index contributed by atoms with van der Waals surface area (Å²) < 4.78 is 3.47. The third-order valence-corrected chi connectivity index (χ3v) is 4.48. The Morgan fingerprint density at radius 1 is 1.33 bits per heavy atom. The maximum Gasteiger partial charge on any atom is 0.0701 e. The van der Waals surface area contributed by atoms with Gasteiger partial charge in [0.25, 0.3) is 0 Å². The highest BCUT2D eigenvalue weighted by atomic mass is 79.9. The Morgan fingerprint density at radius 2 is 2.22 bits per heavy atom. The Hall–Kier alpha value is -0.580. The molecular formula is C14H19BrN2S. The van der Waals surface area contributed by atoms with Crippen LogP contribution in [-0.2, 0) is 19.5 Å². The SMILES string of the molecule is CCCn1ccc(CNCCc2ccc(Br)s2)c1. The van der Waals surface area contributed by atoms with Gasteiger partial charge in [-0.15, -0.1) is 11.3 Å². The van der Waals surface area contributed by atoms with Gasteiger partial charge in [-0.3, -0.25) is 0 Å². The molecule has 98 valence electrons. The first-order chi connectivity index (χ1) is 8.78. The fourth-order valence-electron chi connectivity index (χ4n) is 1.92. The molecule has 4 heteroatoms. The van der Waals surface area contributed by atoms with Gasteiger partial charge in [-0.05, 0) is 52.5 Å². The summed E-state index contributed by atoms with van der Waals surface area (Å²) in [7, 11) is 0. The van der Waals surface area contributed by atoms with Crippen LogP contribution in [-0.4, -0.2) is 11.1 Å². The second kappa shape index (κ2) is 7.12. The van der Waals surface area contributed by atoms with Crippen molar-refractivity contribution in [2.24, 2.45) is 0 Å². The van der Waals surface area contributed by atoms with E-state index in [1.54, 1.807) is 0 Å². The topological polar surface area (TPSA) is 17.0 Å². The van der Waals surface area contributed by atoms with Crippen molar-refractivity contribution in [3.63, 3.8) is 0 Å². The number of aromatic nitrogens is 1. The molecule has 0 aliphatic carbocycles. The van der Waals surface area contributed by atoms with Crippen LogP contribution in [0.2, 0.25) is 0 Å². The van der Waals surface area contributed by atoms with Crippen molar-refractivity contribution < 1.29 is 0 Å². The van der Waals surface area contributed by atoms with E-state index in [9.17, 15) is 0 Å². The zero-order valence-electron chi connectivity index (χ0n) is 10.7. The molecule has 18 heavy (non-hydrogen) atoms. The molecule has 0 amide bonds. The largest absolute Gasteiger partial charge is 0.354 e. The molecule has 2 nitrogen and oxygen atoms in total.